The number of rotatable bonds is 4. The van der Waals surface area contributed by atoms with E-state index in [1.165, 1.54) is 25.5 Å². The Kier molecular flexibility index (Phi) is 4.31. The fourth-order valence-corrected chi connectivity index (χ4v) is 2.59. The summed E-state index contributed by atoms with van der Waals surface area (Å²) in [6, 6.07) is 9.66. The van der Waals surface area contributed by atoms with E-state index in [0.717, 1.165) is 24.1 Å². The van der Waals surface area contributed by atoms with Gasteiger partial charge in [0.05, 0.1) is 12.8 Å². The van der Waals surface area contributed by atoms with Crippen LogP contribution < -0.4 is 5.43 Å². The third-order valence-corrected chi connectivity index (χ3v) is 3.64. The standard InChI is InChI=1S/C16H19N3O2/c20-16(12-19-8-4-1-5-9-19)18-17-11-14-10-13-6-2-3-7-15(13)21-14/h2-3,6-7,10-11H,1,4-5,8-9,12H2,(H,18,20). The minimum atomic E-state index is -0.0794. The fraction of sp³-hybridized carbons (Fsp3) is 0.375. The van der Waals surface area contributed by atoms with Crippen molar-refractivity contribution >= 4 is 23.1 Å². The number of hydrazone groups is 1. The van der Waals surface area contributed by atoms with E-state index in [-0.39, 0.29) is 5.91 Å². The van der Waals surface area contributed by atoms with Gasteiger partial charge in [-0.05, 0) is 38.1 Å². The molecule has 0 unspecified atom stereocenters. The fourth-order valence-electron chi connectivity index (χ4n) is 2.59. The number of amides is 1. The first-order chi connectivity index (χ1) is 10.3. The molecule has 3 rings (SSSR count). The lowest BCUT2D eigenvalue weighted by Gasteiger charge is -2.25. The minimum Gasteiger partial charge on any atom is -0.455 e. The highest BCUT2D eigenvalue weighted by Crippen LogP contribution is 2.17. The van der Waals surface area contributed by atoms with Crippen molar-refractivity contribution in [3.63, 3.8) is 0 Å². The van der Waals surface area contributed by atoms with Gasteiger partial charge in [0, 0.05) is 5.39 Å². The van der Waals surface area contributed by atoms with E-state index in [1.54, 1.807) is 0 Å². The van der Waals surface area contributed by atoms with Crippen molar-refractivity contribution in [1.82, 2.24) is 10.3 Å². The second kappa shape index (κ2) is 6.54. The Morgan fingerprint density at radius 2 is 2.10 bits per heavy atom. The van der Waals surface area contributed by atoms with Crippen LogP contribution in [0.25, 0.3) is 11.0 Å². The first-order valence-corrected chi connectivity index (χ1v) is 7.34. The minimum absolute atomic E-state index is 0.0794. The van der Waals surface area contributed by atoms with Gasteiger partial charge < -0.3 is 4.42 Å². The van der Waals surface area contributed by atoms with Crippen molar-refractivity contribution in [3.8, 4) is 0 Å². The molecular formula is C16H19N3O2. The second-order valence-electron chi connectivity index (χ2n) is 5.32. The first kappa shape index (κ1) is 13.8. The molecule has 1 N–H and O–H groups in total. The molecule has 0 aliphatic carbocycles. The molecule has 2 aromatic rings. The van der Waals surface area contributed by atoms with E-state index in [0.29, 0.717) is 12.3 Å². The van der Waals surface area contributed by atoms with Crippen LogP contribution in [0.5, 0.6) is 0 Å². The Morgan fingerprint density at radius 3 is 2.90 bits per heavy atom. The van der Waals surface area contributed by atoms with E-state index in [4.69, 9.17) is 4.42 Å². The Balaban J connectivity index is 1.52. The summed E-state index contributed by atoms with van der Waals surface area (Å²) in [6.45, 7) is 2.42. The quantitative estimate of drug-likeness (QED) is 0.693. The largest absolute Gasteiger partial charge is 0.455 e. The summed E-state index contributed by atoms with van der Waals surface area (Å²) < 4.78 is 5.59. The maximum absolute atomic E-state index is 11.8. The zero-order valence-electron chi connectivity index (χ0n) is 11.9. The summed E-state index contributed by atoms with van der Waals surface area (Å²) in [7, 11) is 0. The number of nitrogens with one attached hydrogen (secondary N) is 1. The van der Waals surface area contributed by atoms with Crippen LogP contribution in [0.3, 0.4) is 0 Å². The smallest absolute Gasteiger partial charge is 0.254 e. The lowest BCUT2D eigenvalue weighted by Crippen LogP contribution is -2.38. The molecule has 0 spiro atoms. The van der Waals surface area contributed by atoms with E-state index in [9.17, 15) is 4.79 Å². The second-order valence-corrected chi connectivity index (χ2v) is 5.32. The molecule has 0 bridgehead atoms. The summed E-state index contributed by atoms with van der Waals surface area (Å²) in [5.74, 6) is 0.554. The first-order valence-electron chi connectivity index (χ1n) is 7.34. The van der Waals surface area contributed by atoms with Gasteiger partial charge >= 0.3 is 0 Å². The average Bonchev–Trinajstić information content (AvgIpc) is 2.91. The molecule has 1 fully saturated rings. The normalized spacial score (nSPS) is 16.6. The molecule has 1 aliphatic rings. The maximum atomic E-state index is 11.8. The lowest BCUT2D eigenvalue weighted by molar-refractivity contribution is -0.122. The van der Waals surface area contributed by atoms with Gasteiger partial charge in [0.2, 0.25) is 0 Å². The molecule has 2 heterocycles. The zero-order valence-corrected chi connectivity index (χ0v) is 11.9. The number of hydrogen-bond donors (Lipinski definition) is 1. The van der Waals surface area contributed by atoms with E-state index < -0.39 is 0 Å². The van der Waals surface area contributed by atoms with Crippen LogP contribution in [0.2, 0.25) is 0 Å². The van der Waals surface area contributed by atoms with Gasteiger partial charge in [0.1, 0.15) is 11.3 Å². The summed E-state index contributed by atoms with van der Waals surface area (Å²) in [6.07, 6.45) is 5.15. The summed E-state index contributed by atoms with van der Waals surface area (Å²) >= 11 is 0. The van der Waals surface area contributed by atoms with E-state index in [2.05, 4.69) is 15.4 Å². The number of furan rings is 1. The molecule has 0 saturated carbocycles. The van der Waals surface area contributed by atoms with Crippen molar-refractivity contribution in [2.75, 3.05) is 19.6 Å². The molecule has 1 saturated heterocycles. The average molecular weight is 285 g/mol. The number of para-hydroxylation sites is 1. The molecule has 5 heteroatoms. The van der Waals surface area contributed by atoms with E-state index in [1.807, 2.05) is 30.3 Å². The van der Waals surface area contributed by atoms with Gasteiger partial charge in [-0.25, -0.2) is 5.43 Å². The molecule has 0 radical (unpaired) electrons. The van der Waals surface area contributed by atoms with Crippen molar-refractivity contribution < 1.29 is 9.21 Å². The number of carbonyl (C=O) groups is 1. The predicted octanol–water partition coefficient (Wildman–Crippen LogP) is 2.37. The highest BCUT2D eigenvalue weighted by molar-refractivity contribution is 5.87. The number of hydrogen-bond acceptors (Lipinski definition) is 4. The van der Waals surface area contributed by atoms with Crippen molar-refractivity contribution in [1.29, 1.82) is 0 Å². The Labute approximate surface area is 123 Å². The molecular weight excluding hydrogens is 266 g/mol. The molecule has 1 aromatic carbocycles. The molecule has 1 aromatic heterocycles. The topological polar surface area (TPSA) is 57.8 Å². The van der Waals surface area contributed by atoms with Gasteiger partial charge in [-0.15, -0.1) is 0 Å². The molecule has 21 heavy (non-hydrogen) atoms. The van der Waals surface area contributed by atoms with Gasteiger partial charge in [-0.2, -0.15) is 5.10 Å². The lowest BCUT2D eigenvalue weighted by atomic mass is 10.1. The molecule has 1 amide bonds. The third-order valence-electron chi connectivity index (χ3n) is 3.64. The molecule has 1 aliphatic heterocycles. The van der Waals surface area contributed by atoms with Crippen LogP contribution in [0.15, 0.2) is 39.9 Å². The third kappa shape index (κ3) is 3.70. The predicted molar refractivity (Wildman–Crippen MR) is 82.2 cm³/mol. The number of nitrogens with zero attached hydrogens (tertiary/aromatic N) is 2. The molecule has 110 valence electrons. The SMILES string of the molecule is O=C(CN1CCCCC1)NN=Cc1cc2ccccc2o1. The van der Waals surface area contributed by atoms with Gasteiger partial charge in [0.15, 0.2) is 0 Å². The highest BCUT2D eigenvalue weighted by atomic mass is 16.3. The number of carbonyl (C=O) groups excluding carboxylic acids is 1. The Morgan fingerprint density at radius 1 is 1.29 bits per heavy atom. The maximum Gasteiger partial charge on any atom is 0.254 e. The van der Waals surface area contributed by atoms with Crippen LogP contribution in [0.1, 0.15) is 25.0 Å². The molecule has 5 nitrogen and oxygen atoms in total. The van der Waals surface area contributed by atoms with Gasteiger partial charge in [-0.3, -0.25) is 9.69 Å². The number of fused-ring (bicyclic) bond motifs is 1. The number of benzene rings is 1. The van der Waals surface area contributed by atoms with Gasteiger partial charge in [0.25, 0.3) is 5.91 Å². The van der Waals surface area contributed by atoms with Crippen LogP contribution >= 0.6 is 0 Å². The van der Waals surface area contributed by atoms with Crippen LogP contribution in [-0.4, -0.2) is 36.7 Å². The molecule has 0 atom stereocenters. The summed E-state index contributed by atoms with van der Waals surface area (Å²) in [5, 5.41) is 4.98. The van der Waals surface area contributed by atoms with Crippen LogP contribution in [0, 0.1) is 0 Å². The van der Waals surface area contributed by atoms with Crippen molar-refractivity contribution in [2.24, 2.45) is 5.10 Å². The summed E-state index contributed by atoms with van der Waals surface area (Å²) in [5.41, 5.74) is 3.37. The van der Waals surface area contributed by atoms with Crippen molar-refractivity contribution in [3.05, 3.63) is 36.1 Å². The van der Waals surface area contributed by atoms with Crippen LogP contribution in [0.4, 0.5) is 0 Å². The van der Waals surface area contributed by atoms with E-state index >= 15 is 0 Å². The van der Waals surface area contributed by atoms with Crippen LogP contribution in [-0.2, 0) is 4.79 Å². The Bertz CT molecular complexity index is 609. The van der Waals surface area contributed by atoms with Gasteiger partial charge in [-0.1, -0.05) is 24.6 Å². The zero-order chi connectivity index (χ0) is 14.5. The van der Waals surface area contributed by atoms with Crippen molar-refractivity contribution in [2.45, 2.75) is 19.3 Å². The number of likely N-dealkylation sites (tertiary alicyclic amines) is 1. The Hall–Kier alpha value is -2.14. The monoisotopic (exact) mass is 285 g/mol. The number of piperidine rings is 1. The summed E-state index contributed by atoms with van der Waals surface area (Å²) in [4.78, 5) is 13.9. The highest BCUT2D eigenvalue weighted by Gasteiger charge is 2.13.